The van der Waals surface area contributed by atoms with Gasteiger partial charge >= 0.3 is 24.2 Å². The second kappa shape index (κ2) is 5.88. The van der Waals surface area contributed by atoms with Crippen molar-refractivity contribution in [3.05, 3.63) is 47.3 Å². The number of benzene rings is 1. The number of alkyl halides is 10. The zero-order valence-electron chi connectivity index (χ0n) is 12.6. The van der Waals surface area contributed by atoms with Crippen LogP contribution in [-0.4, -0.2) is 22.1 Å². The van der Waals surface area contributed by atoms with Gasteiger partial charge in [0.05, 0.1) is 11.3 Å². The van der Waals surface area contributed by atoms with E-state index in [2.05, 4.69) is 5.10 Å². The lowest BCUT2D eigenvalue weighted by atomic mass is 9.90. The Hall–Kier alpha value is -2.27. The average Bonchev–Trinajstić information content (AvgIpc) is 2.95. The third-order valence-corrected chi connectivity index (χ3v) is 3.52. The summed E-state index contributed by atoms with van der Waals surface area (Å²) in [5.41, 5.74) is -11.5. The standard InChI is InChI=1S/C14H8F10N2/c1-7-5-8(11(15,13(19,20)21)14(22,23)24)6-9(12(16,17)18)10(7)26-4-2-3-25-26/h2-6H,1H3. The van der Waals surface area contributed by atoms with Crippen LogP contribution in [0.15, 0.2) is 30.6 Å². The smallest absolute Gasteiger partial charge is 0.240 e. The van der Waals surface area contributed by atoms with Gasteiger partial charge < -0.3 is 0 Å². The molecular weight excluding hydrogens is 386 g/mol. The first-order valence-corrected chi connectivity index (χ1v) is 6.65. The van der Waals surface area contributed by atoms with E-state index >= 15 is 0 Å². The van der Waals surface area contributed by atoms with Gasteiger partial charge in [0.15, 0.2) is 0 Å². The first kappa shape index (κ1) is 20.0. The normalized spacial score (nSPS) is 14.0. The van der Waals surface area contributed by atoms with Crippen molar-refractivity contribution in [3.8, 4) is 5.69 Å². The van der Waals surface area contributed by atoms with Crippen molar-refractivity contribution in [2.75, 3.05) is 0 Å². The highest BCUT2D eigenvalue weighted by molar-refractivity contribution is 5.52. The van der Waals surface area contributed by atoms with E-state index < -0.39 is 52.6 Å². The highest BCUT2D eigenvalue weighted by Crippen LogP contribution is 2.54. The zero-order chi connectivity index (χ0) is 20.1. The van der Waals surface area contributed by atoms with Crippen molar-refractivity contribution >= 4 is 0 Å². The molecule has 0 aliphatic heterocycles. The predicted octanol–water partition coefficient (Wildman–Crippen LogP) is 5.49. The van der Waals surface area contributed by atoms with Crippen molar-refractivity contribution in [2.24, 2.45) is 0 Å². The van der Waals surface area contributed by atoms with E-state index in [1.807, 2.05) is 0 Å². The molecular formula is C14H8F10N2. The summed E-state index contributed by atoms with van der Waals surface area (Å²) in [6.45, 7) is 0.822. The van der Waals surface area contributed by atoms with Crippen LogP contribution in [0.4, 0.5) is 43.9 Å². The Morgan fingerprint density at radius 2 is 1.38 bits per heavy atom. The van der Waals surface area contributed by atoms with E-state index in [0.717, 1.165) is 19.3 Å². The minimum Gasteiger partial charge on any atom is -0.240 e. The molecule has 0 saturated carbocycles. The maximum absolute atomic E-state index is 14.1. The fraction of sp³-hybridized carbons (Fsp3) is 0.357. The molecule has 2 rings (SSSR count). The van der Waals surface area contributed by atoms with Gasteiger partial charge in [-0.05, 0) is 24.6 Å². The molecule has 0 N–H and O–H groups in total. The first-order chi connectivity index (χ1) is 11.6. The number of nitrogens with zero attached hydrogens (tertiary/aromatic N) is 2. The summed E-state index contributed by atoms with van der Waals surface area (Å²) in [7, 11) is 0. The van der Waals surface area contributed by atoms with Crippen LogP contribution in [0, 0.1) is 6.92 Å². The van der Waals surface area contributed by atoms with Crippen molar-refractivity contribution in [1.82, 2.24) is 9.78 Å². The summed E-state index contributed by atoms with van der Waals surface area (Å²) in [4.78, 5) is 0. The third-order valence-electron chi connectivity index (χ3n) is 3.52. The fourth-order valence-corrected chi connectivity index (χ4v) is 2.39. The molecule has 1 aromatic carbocycles. The maximum atomic E-state index is 14.1. The van der Waals surface area contributed by atoms with E-state index in [1.165, 1.54) is 6.07 Å². The summed E-state index contributed by atoms with van der Waals surface area (Å²) in [6.07, 6.45) is -16.3. The molecule has 1 aromatic heterocycles. The lowest BCUT2D eigenvalue weighted by molar-refractivity contribution is -0.348. The Bertz CT molecular complexity index is 770. The molecule has 2 nitrogen and oxygen atoms in total. The van der Waals surface area contributed by atoms with Crippen LogP contribution in [0.2, 0.25) is 0 Å². The first-order valence-electron chi connectivity index (χ1n) is 6.65. The van der Waals surface area contributed by atoms with E-state index in [-0.39, 0.29) is 6.07 Å². The second-order valence-corrected chi connectivity index (χ2v) is 5.29. The van der Waals surface area contributed by atoms with Gasteiger partial charge in [0.2, 0.25) is 0 Å². The van der Waals surface area contributed by atoms with Gasteiger partial charge in [0.1, 0.15) is 0 Å². The lowest BCUT2D eigenvalue weighted by Crippen LogP contribution is -2.50. The molecule has 2 aromatic rings. The van der Waals surface area contributed by atoms with Gasteiger partial charge in [-0.15, -0.1) is 0 Å². The topological polar surface area (TPSA) is 17.8 Å². The van der Waals surface area contributed by atoms with Crippen molar-refractivity contribution < 1.29 is 43.9 Å². The summed E-state index contributed by atoms with van der Waals surface area (Å²) in [5.74, 6) is 0. The number of hydrogen-bond donors (Lipinski definition) is 0. The zero-order valence-corrected chi connectivity index (χ0v) is 12.6. The molecule has 144 valence electrons. The molecule has 0 radical (unpaired) electrons. The monoisotopic (exact) mass is 394 g/mol. The number of aryl methyl sites for hydroxylation is 1. The predicted molar refractivity (Wildman–Crippen MR) is 68.2 cm³/mol. The Morgan fingerprint density at radius 3 is 1.77 bits per heavy atom. The molecule has 12 heteroatoms. The van der Waals surface area contributed by atoms with Crippen LogP contribution in [0.25, 0.3) is 5.69 Å². The maximum Gasteiger partial charge on any atom is 0.435 e. The summed E-state index contributed by atoms with van der Waals surface area (Å²) in [5, 5.41) is 3.49. The van der Waals surface area contributed by atoms with Crippen molar-refractivity contribution in [1.29, 1.82) is 0 Å². The molecule has 0 spiro atoms. The van der Waals surface area contributed by atoms with Crippen LogP contribution in [0.1, 0.15) is 16.7 Å². The SMILES string of the molecule is Cc1cc(C(F)(C(F)(F)F)C(F)(F)F)cc(C(F)(F)F)c1-n1cccn1. The van der Waals surface area contributed by atoms with Gasteiger partial charge in [0, 0.05) is 18.0 Å². The Labute approximate surface area is 139 Å². The number of hydrogen-bond acceptors (Lipinski definition) is 1. The van der Waals surface area contributed by atoms with Crippen molar-refractivity contribution in [2.45, 2.75) is 31.1 Å². The van der Waals surface area contributed by atoms with E-state index in [9.17, 15) is 43.9 Å². The number of halogens is 10. The molecule has 0 atom stereocenters. The minimum absolute atomic E-state index is 0.0766. The van der Waals surface area contributed by atoms with Crippen LogP contribution < -0.4 is 0 Å². The average molecular weight is 394 g/mol. The largest absolute Gasteiger partial charge is 0.435 e. The quantitative estimate of drug-likeness (QED) is 0.616. The summed E-state index contributed by atoms with van der Waals surface area (Å²) >= 11 is 0. The Kier molecular flexibility index (Phi) is 4.53. The summed E-state index contributed by atoms with van der Waals surface area (Å²) in [6, 6.07) is 0.774. The van der Waals surface area contributed by atoms with Gasteiger partial charge in [-0.3, -0.25) is 0 Å². The van der Waals surface area contributed by atoms with Crippen LogP contribution in [0.5, 0.6) is 0 Å². The summed E-state index contributed by atoms with van der Waals surface area (Å²) < 4.78 is 131. The highest BCUT2D eigenvalue weighted by atomic mass is 19.4. The molecule has 0 amide bonds. The molecule has 0 unspecified atom stereocenters. The van der Waals surface area contributed by atoms with E-state index in [4.69, 9.17) is 0 Å². The Balaban J connectivity index is 2.87. The number of aromatic nitrogens is 2. The lowest BCUT2D eigenvalue weighted by Gasteiger charge is -2.31. The van der Waals surface area contributed by atoms with E-state index in [1.54, 1.807) is 0 Å². The van der Waals surface area contributed by atoms with Crippen LogP contribution in [-0.2, 0) is 11.8 Å². The van der Waals surface area contributed by atoms with E-state index in [0.29, 0.717) is 4.68 Å². The fourth-order valence-electron chi connectivity index (χ4n) is 2.39. The molecule has 1 heterocycles. The number of rotatable bonds is 2. The van der Waals surface area contributed by atoms with Crippen molar-refractivity contribution in [3.63, 3.8) is 0 Å². The van der Waals surface area contributed by atoms with Gasteiger partial charge in [-0.25, -0.2) is 9.07 Å². The second-order valence-electron chi connectivity index (χ2n) is 5.29. The molecule has 0 fully saturated rings. The van der Waals surface area contributed by atoms with Gasteiger partial charge in [0.25, 0.3) is 0 Å². The molecule has 0 bridgehead atoms. The molecule has 0 aliphatic carbocycles. The molecule has 0 saturated heterocycles. The minimum atomic E-state index is -6.52. The van der Waals surface area contributed by atoms with Gasteiger partial charge in [-0.2, -0.15) is 44.6 Å². The molecule has 0 aliphatic rings. The highest BCUT2D eigenvalue weighted by Gasteiger charge is 2.73. The van der Waals surface area contributed by atoms with Crippen LogP contribution >= 0.6 is 0 Å². The van der Waals surface area contributed by atoms with Gasteiger partial charge in [-0.1, -0.05) is 6.07 Å². The third kappa shape index (κ3) is 3.12. The Morgan fingerprint density at radius 1 is 0.846 bits per heavy atom. The van der Waals surface area contributed by atoms with Crippen LogP contribution in [0.3, 0.4) is 0 Å². The molecule has 26 heavy (non-hydrogen) atoms.